The van der Waals surface area contributed by atoms with Crippen molar-refractivity contribution in [3.05, 3.63) is 41.0 Å². The number of fused-ring (bicyclic) bond motifs is 3. The molecule has 3 heterocycles. The third-order valence-electron chi connectivity index (χ3n) is 4.88. The molecule has 0 atom stereocenters. The summed E-state index contributed by atoms with van der Waals surface area (Å²) in [7, 11) is 1.63. The maximum atomic E-state index is 12.6. The van der Waals surface area contributed by atoms with Gasteiger partial charge in [0.25, 0.3) is 0 Å². The minimum Gasteiger partial charge on any atom is -0.497 e. The van der Waals surface area contributed by atoms with E-state index in [9.17, 15) is 4.79 Å². The Kier molecular flexibility index (Phi) is 5.29. The lowest BCUT2D eigenvalue weighted by molar-refractivity contribution is -0.132. The summed E-state index contributed by atoms with van der Waals surface area (Å²) in [6.07, 6.45) is 3.43. The van der Waals surface area contributed by atoms with Crippen LogP contribution < -0.4 is 15.2 Å². The van der Waals surface area contributed by atoms with Gasteiger partial charge in [0.1, 0.15) is 28.5 Å². The summed E-state index contributed by atoms with van der Waals surface area (Å²) in [6, 6.07) is 7.44. The van der Waals surface area contributed by atoms with Crippen LogP contribution in [0.15, 0.2) is 30.6 Å². The number of hydrogen-bond acceptors (Lipinski definition) is 7. The number of rotatable bonds is 6. The van der Waals surface area contributed by atoms with E-state index in [1.54, 1.807) is 18.4 Å². The van der Waals surface area contributed by atoms with E-state index < -0.39 is 0 Å². The molecule has 1 aromatic carbocycles. The number of benzene rings is 1. The molecule has 0 bridgehead atoms. The van der Waals surface area contributed by atoms with Gasteiger partial charge in [-0.2, -0.15) is 0 Å². The summed E-state index contributed by atoms with van der Waals surface area (Å²) in [4.78, 5) is 25.0. The third-order valence-corrected chi connectivity index (χ3v) is 6.01. The molecule has 0 fully saturated rings. The molecule has 7 nitrogen and oxygen atoms in total. The minimum absolute atomic E-state index is 0.153. The van der Waals surface area contributed by atoms with Crippen molar-refractivity contribution in [3.63, 3.8) is 0 Å². The van der Waals surface area contributed by atoms with Gasteiger partial charge in [-0.3, -0.25) is 4.79 Å². The molecule has 4 rings (SSSR count). The Hall–Kier alpha value is -2.87. The normalized spacial score (nSPS) is 13.4. The topological polar surface area (TPSA) is 90.6 Å². The molecule has 0 radical (unpaired) electrons. The quantitative estimate of drug-likeness (QED) is 0.642. The first-order chi connectivity index (χ1) is 13.7. The summed E-state index contributed by atoms with van der Waals surface area (Å²) in [6.45, 7) is 1.82. The van der Waals surface area contributed by atoms with Gasteiger partial charge in [-0.05, 0) is 42.7 Å². The number of aromatic nitrogens is 2. The highest BCUT2D eigenvalue weighted by Crippen LogP contribution is 2.36. The van der Waals surface area contributed by atoms with Crippen LogP contribution in [0.2, 0.25) is 0 Å². The number of thiophene rings is 1. The Morgan fingerprint density at radius 2 is 2.04 bits per heavy atom. The summed E-state index contributed by atoms with van der Waals surface area (Å²) in [5, 5.41) is 0.961. The zero-order chi connectivity index (χ0) is 19.5. The molecule has 0 aliphatic carbocycles. The zero-order valence-corrected chi connectivity index (χ0v) is 16.5. The van der Waals surface area contributed by atoms with Crippen LogP contribution in [0.1, 0.15) is 23.3 Å². The highest BCUT2D eigenvalue weighted by molar-refractivity contribution is 7.19. The lowest BCUT2D eigenvalue weighted by atomic mass is 10.0. The first-order valence-corrected chi connectivity index (χ1v) is 10.0. The second kappa shape index (κ2) is 8.02. The maximum Gasteiger partial charge on any atom is 0.223 e. The second-order valence-electron chi connectivity index (χ2n) is 6.64. The van der Waals surface area contributed by atoms with Gasteiger partial charge in [0.05, 0.1) is 25.6 Å². The van der Waals surface area contributed by atoms with Crippen LogP contribution in [0.25, 0.3) is 10.2 Å². The average Bonchev–Trinajstić information content (AvgIpc) is 3.10. The van der Waals surface area contributed by atoms with Gasteiger partial charge in [0, 0.05) is 17.8 Å². The smallest absolute Gasteiger partial charge is 0.223 e. The molecule has 1 aliphatic rings. The molecule has 0 saturated carbocycles. The number of anilines is 1. The highest BCUT2D eigenvalue weighted by Gasteiger charge is 2.25. The van der Waals surface area contributed by atoms with Crippen molar-refractivity contribution in [2.75, 3.05) is 26.0 Å². The van der Waals surface area contributed by atoms with Crippen LogP contribution in [0.3, 0.4) is 0 Å². The molecule has 3 aromatic rings. The van der Waals surface area contributed by atoms with Crippen molar-refractivity contribution < 1.29 is 14.3 Å². The van der Waals surface area contributed by atoms with Crippen molar-refractivity contribution in [2.45, 2.75) is 25.8 Å². The predicted molar refractivity (Wildman–Crippen MR) is 109 cm³/mol. The summed E-state index contributed by atoms with van der Waals surface area (Å²) in [5.74, 6) is 2.25. The van der Waals surface area contributed by atoms with Crippen LogP contribution in [0.4, 0.5) is 5.82 Å². The molecule has 28 heavy (non-hydrogen) atoms. The fourth-order valence-corrected chi connectivity index (χ4v) is 4.62. The summed E-state index contributed by atoms with van der Waals surface area (Å²) < 4.78 is 10.8. The summed E-state index contributed by atoms with van der Waals surface area (Å²) in [5.41, 5.74) is 7.22. The van der Waals surface area contributed by atoms with Gasteiger partial charge in [0.15, 0.2) is 0 Å². The molecule has 1 amide bonds. The largest absolute Gasteiger partial charge is 0.497 e. The number of nitrogens with zero attached hydrogens (tertiary/aromatic N) is 3. The van der Waals surface area contributed by atoms with Gasteiger partial charge in [0.2, 0.25) is 5.91 Å². The first kappa shape index (κ1) is 18.5. The fourth-order valence-electron chi connectivity index (χ4n) is 3.41. The van der Waals surface area contributed by atoms with Crippen molar-refractivity contribution in [1.29, 1.82) is 0 Å². The lowest BCUT2D eigenvalue weighted by Crippen LogP contribution is -2.35. The summed E-state index contributed by atoms with van der Waals surface area (Å²) >= 11 is 1.60. The van der Waals surface area contributed by atoms with E-state index in [1.165, 1.54) is 11.9 Å². The Bertz CT molecular complexity index is 987. The first-order valence-electron chi connectivity index (χ1n) is 9.21. The van der Waals surface area contributed by atoms with Gasteiger partial charge in [-0.15, -0.1) is 11.3 Å². The number of carbonyl (C=O) groups excluding carboxylic acids is 1. The Labute approximate surface area is 167 Å². The van der Waals surface area contributed by atoms with E-state index in [1.807, 2.05) is 29.2 Å². The number of nitrogen functional groups attached to an aromatic ring is 1. The highest BCUT2D eigenvalue weighted by atomic mass is 32.1. The second-order valence-corrected chi connectivity index (χ2v) is 7.72. The molecule has 8 heteroatoms. The molecule has 0 unspecified atom stereocenters. The Morgan fingerprint density at radius 1 is 1.25 bits per heavy atom. The SMILES string of the molecule is COc1ccc(OCCCC(=O)N2CCc3c(sc4ncnc(N)c34)C2)cc1. The van der Waals surface area contributed by atoms with E-state index in [2.05, 4.69) is 9.97 Å². The van der Waals surface area contributed by atoms with Gasteiger partial charge < -0.3 is 20.1 Å². The lowest BCUT2D eigenvalue weighted by Gasteiger charge is -2.27. The van der Waals surface area contributed by atoms with Crippen molar-refractivity contribution in [1.82, 2.24) is 14.9 Å². The minimum atomic E-state index is 0.153. The van der Waals surface area contributed by atoms with E-state index in [0.717, 1.165) is 33.0 Å². The molecule has 2 aromatic heterocycles. The van der Waals surface area contributed by atoms with Crippen LogP contribution in [0, 0.1) is 0 Å². The molecule has 0 spiro atoms. The maximum absolute atomic E-state index is 12.6. The third kappa shape index (κ3) is 3.73. The van der Waals surface area contributed by atoms with Crippen molar-refractivity contribution in [3.8, 4) is 11.5 Å². The molecule has 0 saturated heterocycles. The van der Waals surface area contributed by atoms with Crippen molar-refractivity contribution >= 4 is 33.3 Å². The van der Waals surface area contributed by atoms with Crippen LogP contribution in [0.5, 0.6) is 11.5 Å². The average molecular weight is 398 g/mol. The Balaban J connectivity index is 1.30. The van der Waals surface area contributed by atoms with Gasteiger partial charge in [-0.1, -0.05) is 0 Å². The molecule has 1 aliphatic heterocycles. The van der Waals surface area contributed by atoms with E-state index in [4.69, 9.17) is 15.2 Å². The number of amides is 1. The van der Waals surface area contributed by atoms with E-state index >= 15 is 0 Å². The number of nitrogens with two attached hydrogens (primary N) is 1. The molecular formula is C20H22N4O3S. The zero-order valence-electron chi connectivity index (χ0n) is 15.7. The molecule has 146 valence electrons. The number of hydrogen-bond donors (Lipinski definition) is 1. The molecular weight excluding hydrogens is 376 g/mol. The molecule has 2 N–H and O–H groups in total. The van der Waals surface area contributed by atoms with Crippen LogP contribution in [-0.2, 0) is 17.8 Å². The monoisotopic (exact) mass is 398 g/mol. The van der Waals surface area contributed by atoms with Crippen LogP contribution >= 0.6 is 11.3 Å². The van der Waals surface area contributed by atoms with Crippen LogP contribution in [-0.4, -0.2) is 41.0 Å². The van der Waals surface area contributed by atoms with E-state index in [-0.39, 0.29) is 5.91 Å². The van der Waals surface area contributed by atoms with Crippen molar-refractivity contribution in [2.24, 2.45) is 0 Å². The fraction of sp³-hybridized carbons (Fsp3) is 0.350. The van der Waals surface area contributed by atoms with E-state index in [0.29, 0.717) is 38.4 Å². The van der Waals surface area contributed by atoms with Gasteiger partial charge >= 0.3 is 0 Å². The standard InChI is InChI=1S/C20H22N4O3S/c1-26-13-4-6-14(7-5-13)27-10-2-3-17(25)24-9-8-15-16(11-24)28-20-18(15)19(21)22-12-23-20/h4-7,12H,2-3,8-11H2,1H3,(H2,21,22,23). The van der Waals surface area contributed by atoms with Gasteiger partial charge in [-0.25, -0.2) is 9.97 Å². The number of methoxy groups -OCH3 is 1. The number of carbonyl (C=O) groups is 1. The predicted octanol–water partition coefficient (Wildman–Crippen LogP) is 3.03. The number of ether oxygens (including phenoxy) is 2. The Morgan fingerprint density at radius 3 is 2.82 bits per heavy atom.